The molecule has 0 spiro atoms. The molecule has 4 rings (SSSR count). The molecular formula is C19H18. The molecule has 0 heterocycles. The summed E-state index contributed by atoms with van der Waals surface area (Å²) in [6.45, 7) is 2.34. The van der Waals surface area contributed by atoms with Crippen molar-refractivity contribution in [3.05, 3.63) is 69.7 Å². The van der Waals surface area contributed by atoms with E-state index in [0.717, 1.165) is 12.8 Å². The summed E-state index contributed by atoms with van der Waals surface area (Å²) < 4.78 is 0. The molecule has 0 aliphatic heterocycles. The molecule has 0 N–H and O–H groups in total. The van der Waals surface area contributed by atoms with E-state index in [0.29, 0.717) is 5.92 Å². The third-order valence-electron chi connectivity index (χ3n) is 4.63. The molecule has 0 saturated heterocycles. The maximum atomic E-state index is 2.46. The Bertz CT molecular complexity index is 754. The van der Waals surface area contributed by atoms with Gasteiger partial charge in [-0.25, -0.2) is 0 Å². The minimum absolute atomic E-state index is 0.677. The molecule has 0 heteroatoms. The number of benzene rings is 1. The van der Waals surface area contributed by atoms with Gasteiger partial charge in [0, 0.05) is 0 Å². The first-order valence-electron chi connectivity index (χ1n) is 7.23. The lowest BCUT2D eigenvalue weighted by Crippen LogP contribution is -2.28. The van der Waals surface area contributed by atoms with Gasteiger partial charge >= 0.3 is 0 Å². The van der Waals surface area contributed by atoms with Crippen LogP contribution in [-0.2, 0) is 12.8 Å². The van der Waals surface area contributed by atoms with Crippen LogP contribution in [0.5, 0.6) is 0 Å². The first-order chi connectivity index (χ1) is 9.34. The Morgan fingerprint density at radius 3 is 2.95 bits per heavy atom. The van der Waals surface area contributed by atoms with Gasteiger partial charge in [0.2, 0.25) is 0 Å². The van der Waals surface area contributed by atoms with E-state index in [1.54, 1.807) is 11.1 Å². The molecule has 1 aromatic carbocycles. The number of hydrogen-bond donors (Lipinski definition) is 0. The van der Waals surface area contributed by atoms with E-state index in [9.17, 15) is 0 Å². The fourth-order valence-electron chi connectivity index (χ4n) is 3.60. The molecule has 1 aromatic rings. The van der Waals surface area contributed by atoms with Crippen LogP contribution in [0.2, 0.25) is 0 Å². The molecule has 0 amide bonds. The van der Waals surface area contributed by atoms with Crippen molar-refractivity contribution in [2.45, 2.75) is 26.2 Å². The Morgan fingerprint density at radius 2 is 2.00 bits per heavy atom. The largest absolute Gasteiger partial charge is 0.0833 e. The fourth-order valence-corrected chi connectivity index (χ4v) is 3.60. The molecule has 0 saturated carbocycles. The molecule has 0 fully saturated rings. The lowest BCUT2D eigenvalue weighted by Gasteiger charge is -2.26. The van der Waals surface area contributed by atoms with E-state index in [4.69, 9.17) is 0 Å². The van der Waals surface area contributed by atoms with Crippen molar-refractivity contribution in [1.82, 2.24) is 0 Å². The Hall–Kier alpha value is -1.82. The predicted octanol–water partition coefficient (Wildman–Crippen LogP) is 2.81. The van der Waals surface area contributed by atoms with Gasteiger partial charge in [-0.05, 0) is 57.9 Å². The van der Waals surface area contributed by atoms with E-state index in [1.165, 1.54) is 28.0 Å². The van der Waals surface area contributed by atoms with Crippen molar-refractivity contribution < 1.29 is 0 Å². The maximum Gasteiger partial charge on any atom is -0.00821 e. The zero-order chi connectivity index (χ0) is 12.8. The highest BCUT2D eigenvalue weighted by molar-refractivity contribution is 5.77. The Labute approximate surface area is 114 Å². The van der Waals surface area contributed by atoms with Gasteiger partial charge in [0.05, 0.1) is 0 Å². The van der Waals surface area contributed by atoms with E-state index in [1.807, 2.05) is 0 Å². The fraction of sp³-hybridized carbons (Fsp3) is 0.263. The predicted molar refractivity (Wildman–Crippen MR) is 81.1 cm³/mol. The maximum absolute atomic E-state index is 2.46. The molecule has 3 aliphatic rings. The third-order valence-corrected chi connectivity index (χ3v) is 4.63. The first kappa shape index (κ1) is 11.0. The van der Waals surface area contributed by atoms with E-state index in [2.05, 4.69) is 55.5 Å². The van der Waals surface area contributed by atoms with E-state index in [-0.39, 0.29) is 0 Å². The Kier molecular flexibility index (Phi) is 2.38. The van der Waals surface area contributed by atoms with Gasteiger partial charge in [0.15, 0.2) is 0 Å². The van der Waals surface area contributed by atoms with Gasteiger partial charge in [0.25, 0.3) is 0 Å². The highest BCUT2D eigenvalue weighted by Gasteiger charge is 2.20. The van der Waals surface area contributed by atoms with Crippen molar-refractivity contribution in [2.24, 2.45) is 5.92 Å². The smallest absolute Gasteiger partial charge is 0.00821 e. The number of rotatable bonds is 0. The molecule has 0 nitrogen and oxygen atoms in total. The summed E-state index contributed by atoms with van der Waals surface area (Å²) in [6, 6.07) is 4.62. The van der Waals surface area contributed by atoms with E-state index < -0.39 is 0 Å². The van der Waals surface area contributed by atoms with Crippen LogP contribution in [0.15, 0.2) is 48.1 Å². The first-order valence-corrected chi connectivity index (χ1v) is 7.23. The molecule has 19 heavy (non-hydrogen) atoms. The second kappa shape index (κ2) is 4.09. The highest BCUT2D eigenvalue weighted by Crippen LogP contribution is 2.31. The minimum atomic E-state index is 0.677. The van der Waals surface area contributed by atoms with Gasteiger partial charge in [-0.3, -0.25) is 0 Å². The zero-order valence-electron chi connectivity index (χ0n) is 11.3. The molecule has 1 unspecified atom stereocenters. The van der Waals surface area contributed by atoms with Gasteiger partial charge in [-0.2, -0.15) is 0 Å². The lowest BCUT2D eigenvalue weighted by atomic mass is 9.79. The standard InChI is InChI=1S/C19H18/c1-13-5-4-8-17-15(13)11-12-18-16-7-3-2-6-14(16)9-10-19(17)18/h2-4,6,8-11,13H,5,7,12H2,1H3. The highest BCUT2D eigenvalue weighted by atomic mass is 14.2. The van der Waals surface area contributed by atoms with Gasteiger partial charge < -0.3 is 0 Å². The Balaban J connectivity index is 2.06. The SMILES string of the molecule is CC1CC=CC2=c3ccc4c(c3CC=C21)CC=CC=4. The second-order valence-electron chi connectivity index (χ2n) is 5.77. The van der Waals surface area contributed by atoms with Crippen LogP contribution in [0.3, 0.4) is 0 Å². The summed E-state index contributed by atoms with van der Waals surface area (Å²) in [5.74, 6) is 0.677. The molecular weight excluding hydrogens is 228 g/mol. The summed E-state index contributed by atoms with van der Waals surface area (Å²) in [6.07, 6.45) is 17.2. The molecule has 0 bridgehead atoms. The third kappa shape index (κ3) is 1.59. The van der Waals surface area contributed by atoms with Crippen molar-refractivity contribution in [3.8, 4) is 0 Å². The number of hydrogen-bond acceptors (Lipinski definition) is 0. The summed E-state index contributed by atoms with van der Waals surface area (Å²) >= 11 is 0. The van der Waals surface area contributed by atoms with Gasteiger partial charge in [-0.1, -0.05) is 55.5 Å². The average molecular weight is 246 g/mol. The molecule has 3 aliphatic carbocycles. The number of allylic oxidation sites excluding steroid dienone is 6. The van der Waals surface area contributed by atoms with Crippen molar-refractivity contribution in [3.63, 3.8) is 0 Å². The van der Waals surface area contributed by atoms with E-state index >= 15 is 0 Å². The van der Waals surface area contributed by atoms with Crippen LogP contribution in [0, 0.1) is 5.92 Å². The normalized spacial score (nSPS) is 23.1. The topological polar surface area (TPSA) is 0 Å². The van der Waals surface area contributed by atoms with Crippen molar-refractivity contribution in [2.75, 3.05) is 0 Å². The summed E-state index contributed by atoms with van der Waals surface area (Å²) in [4.78, 5) is 0. The van der Waals surface area contributed by atoms with Crippen molar-refractivity contribution >= 4 is 11.6 Å². The van der Waals surface area contributed by atoms with Gasteiger partial charge in [0.1, 0.15) is 0 Å². The summed E-state index contributed by atoms with van der Waals surface area (Å²) in [5, 5.41) is 2.88. The number of fused-ring (bicyclic) bond motifs is 4. The quantitative estimate of drug-likeness (QED) is 0.660. The molecule has 94 valence electrons. The Morgan fingerprint density at radius 1 is 1.05 bits per heavy atom. The van der Waals surface area contributed by atoms with Gasteiger partial charge in [-0.15, -0.1) is 0 Å². The monoisotopic (exact) mass is 246 g/mol. The molecule has 0 radical (unpaired) electrons. The molecule has 1 atom stereocenters. The van der Waals surface area contributed by atoms with Crippen LogP contribution in [0.25, 0.3) is 11.6 Å². The minimum Gasteiger partial charge on any atom is -0.0833 e. The molecule has 0 aromatic heterocycles. The van der Waals surface area contributed by atoms with Crippen LogP contribution in [0.4, 0.5) is 0 Å². The van der Waals surface area contributed by atoms with Crippen LogP contribution >= 0.6 is 0 Å². The summed E-state index contributed by atoms with van der Waals surface area (Å²) in [7, 11) is 0. The average Bonchev–Trinajstić information content (AvgIpc) is 2.47. The zero-order valence-corrected chi connectivity index (χ0v) is 11.3. The van der Waals surface area contributed by atoms with Crippen molar-refractivity contribution in [1.29, 1.82) is 0 Å². The van der Waals surface area contributed by atoms with Crippen LogP contribution in [0.1, 0.15) is 24.5 Å². The lowest BCUT2D eigenvalue weighted by molar-refractivity contribution is 0.701. The second-order valence-corrected chi connectivity index (χ2v) is 5.77. The van der Waals surface area contributed by atoms with Crippen LogP contribution in [-0.4, -0.2) is 0 Å². The van der Waals surface area contributed by atoms with Crippen LogP contribution < -0.4 is 10.4 Å². The summed E-state index contributed by atoms with van der Waals surface area (Å²) in [5.41, 5.74) is 6.12.